The number of amides is 1. The van der Waals surface area contributed by atoms with Crippen LogP contribution in [0.2, 0.25) is 0 Å². The lowest BCUT2D eigenvalue weighted by atomic mass is 10.1. The van der Waals surface area contributed by atoms with Gasteiger partial charge in [0, 0.05) is 19.1 Å². The van der Waals surface area contributed by atoms with E-state index in [0.717, 1.165) is 0 Å². The first-order valence-electron chi connectivity index (χ1n) is 7.38. The van der Waals surface area contributed by atoms with Gasteiger partial charge in [0.15, 0.2) is 0 Å². The monoisotopic (exact) mass is 264 g/mol. The van der Waals surface area contributed by atoms with E-state index in [-0.39, 0.29) is 5.91 Å². The standard InChI is InChI=1S/C16H28N2O/c1-4-12-18(13-5-2)16(19)14-17(3)15-10-8-6-7-9-11-15/h4-5,15H,1-2,6-14H2,3H3. The van der Waals surface area contributed by atoms with Gasteiger partial charge in [-0.15, -0.1) is 13.2 Å². The summed E-state index contributed by atoms with van der Waals surface area (Å²) in [5.41, 5.74) is 0. The molecule has 1 rings (SSSR count). The van der Waals surface area contributed by atoms with E-state index in [1.165, 1.54) is 38.5 Å². The second-order valence-electron chi connectivity index (χ2n) is 5.44. The molecule has 0 bridgehead atoms. The molecule has 0 heterocycles. The van der Waals surface area contributed by atoms with Gasteiger partial charge >= 0.3 is 0 Å². The maximum absolute atomic E-state index is 12.3. The van der Waals surface area contributed by atoms with Crippen LogP contribution in [0.4, 0.5) is 0 Å². The van der Waals surface area contributed by atoms with E-state index in [4.69, 9.17) is 0 Å². The fraction of sp³-hybridized carbons (Fsp3) is 0.688. The van der Waals surface area contributed by atoms with Gasteiger partial charge in [-0.1, -0.05) is 37.8 Å². The molecular formula is C16H28N2O. The topological polar surface area (TPSA) is 23.6 Å². The zero-order valence-electron chi connectivity index (χ0n) is 12.3. The molecule has 0 N–H and O–H groups in total. The highest BCUT2D eigenvalue weighted by molar-refractivity contribution is 5.78. The number of carbonyl (C=O) groups excluding carboxylic acids is 1. The van der Waals surface area contributed by atoms with Gasteiger partial charge in [-0.05, 0) is 19.9 Å². The van der Waals surface area contributed by atoms with Crippen LogP contribution in [0.3, 0.4) is 0 Å². The summed E-state index contributed by atoms with van der Waals surface area (Å²) >= 11 is 0. The van der Waals surface area contributed by atoms with Crippen molar-refractivity contribution in [2.45, 2.75) is 44.6 Å². The van der Waals surface area contributed by atoms with Gasteiger partial charge in [-0.2, -0.15) is 0 Å². The van der Waals surface area contributed by atoms with E-state index in [1.54, 1.807) is 17.1 Å². The molecule has 1 aliphatic carbocycles. The molecule has 1 aliphatic rings. The van der Waals surface area contributed by atoms with Crippen molar-refractivity contribution in [3.63, 3.8) is 0 Å². The summed E-state index contributed by atoms with van der Waals surface area (Å²) in [5.74, 6) is 0.173. The Morgan fingerprint density at radius 1 is 1.11 bits per heavy atom. The summed E-state index contributed by atoms with van der Waals surface area (Å²) in [5, 5.41) is 0. The van der Waals surface area contributed by atoms with Crippen LogP contribution in [0, 0.1) is 0 Å². The Morgan fingerprint density at radius 2 is 1.63 bits per heavy atom. The number of likely N-dealkylation sites (N-methyl/N-ethyl adjacent to an activating group) is 1. The highest BCUT2D eigenvalue weighted by Crippen LogP contribution is 2.20. The number of carbonyl (C=O) groups is 1. The summed E-state index contributed by atoms with van der Waals surface area (Å²) in [6.07, 6.45) is 11.3. The lowest BCUT2D eigenvalue weighted by Gasteiger charge is -2.29. The van der Waals surface area contributed by atoms with Crippen LogP contribution in [-0.2, 0) is 4.79 Å². The molecule has 1 saturated carbocycles. The minimum Gasteiger partial charge on any atom is -0.334 e. The highest BCUT2D eigenvalue weighted by Gasteiger charge is 2.20. The fourth-order valence-electron chi connectivity index (χ4n) is 2.73. The van der Waals surface area contributed by atoms with Crippen LogP contribution < -0.4 is 0 Å². The van der Waals surface area contributed by atoms with Crippen molar-refractivity contribution in [1.29, 1.82) is 0 Å². The third kappa shape index (κ3) is 5.60. The summed E-state index contributed by atoms with van der Waals surface area (Å²) in [4.78, 5) is 16.3. The van der Waals surface area contributed by atoms with Gasteiger partial charge in [-0.3, -0.25) is 9.69 Å². The van der Waals surface area contributed by atoms with Crippen LogP contribution in [0.1, 0.15) is 38.5 Å². The molecule has 3 nitrogen and oxygen atoms in total. The lowest BCUT2D eigenvalue weighted by Crippen LogP contribution is -2.42. The molecule has 0 radical (unpaired) electrons. The van der Waals surface area contributed by atoms with Gasteiger partial charge in [-0.25, -0.2) is 0 Å². The van der Waals surface area contributed by atoms with Crippen LogP contribution in [0.25, 0.3) is 0 Å². The third-order valence-corrected chi connectivity index (χ3v) is 3.88. The van der Waals surface area contributed by atoms with E-state index in [9.17, 15) is 4.79 Å². The molecule has 0 saturated heterocycles. The van der Waals surface area contributed by atoms with Crippen molar-refractivity contribution in [1.82, 2.24) is 9.80 Å². The quantitative estimate of drug-likeness (QED) is 0.521. The number of nitrogens with zero attached hydrogens (tertiary/aromatic N) is 2. The molecule has 1 fully saturated rings. The Kier molecular flexibility index (Phi) is 7.49. The van der Waals surface area contributed by atoms with Crippen molar-refractivity contribution in [2.75, 3.05) is 26.7 Å². The maximum atomic E-state index is 12.3. The Balaban J connectivity index is 2.47. The molecule has 0 aliphatic heterocycles. The average molecular weight is 264 g/mol. The Hall–Kier alpha value is -1.09. The molecule has 1 amide bonds. The van der Waals surface area contributed by atoms with Crippen molar-refractivity contribution in [3.8, 4) is 0 Å². The SMILES string of the molecule is C=CCN(CC=C)C(=O)CN(C)C1CCCCCC1. The molecule has 0 atom stereocenters. The summed E-state index contributed by atoms with van der Waals surface area (Å²) in [6.45, 7) is 9.12. The molecule has 0 aromatic rings. The van der Waals surface area contributed by atoms with Crippen LogP contribution in [0.15, 0.2) is 25.3 Å². The normalized spacial score (nSPS) is 16.9. The Morgan fingerprint density at radius 3 is 2.11 bits per heavy atom. The maximum Gasteiger partial charge on any atom is 0.237 e. The summed E-state index contributed by atoms with van der Waals surface area (Å²) in [6, 6.07) is 0.570. The summed E-state index contributed by atoms with van der Waals surface area (Å²) < 4.78 is 0. The molecule has 3 heteroatoms. The lowest BCUT2D eigenvalue weighted by molar-refractivity contribution is -0.131. The van der Waals surface area contributed by atoms with E-state index in [0.29, 0.717) is 25.7 Å². The van der Waals surface area contributed by atoms with Gasteiger partial charge in [0.25, 0.3) is 0 Å². The fourth-order valence-corrected chi connectivity index (χ4v) is 2.73. The zero-order chi connectivity index (χ0) is 14.1. The van der Waals surface area contributed by atoms with Crippen molar-refractivity contribution >= 4 is 5.91 Å². The predicted octanol–water partition coefficient (Wildman–Crippen LogP) is 2.84. The summed E-state index contributed by atoms with van der Waals surface area (Å²) in [7, 11) is 2.08. The molecule has 0 aromatic heterocycles. The largest absolute Gasteiger partial charge is 0.334 e. The van der Waals surface area contributed by atoms with Crippen LogP contribution in [0.5, 0.6) is 0 Å². The van der Waals surface area contributed by atoms with Crippen molar-refractivity contribution < 1.29 is 4.79 Å². The van der Waals surface area contributed by atoms with Crippen LogP contribution in [-0.4, -0.2) is 48.4 Å². The Bertz CT molecular complexity index is 283. The van der Waals surface area contributed by atoms with Gasteiger partial charge in [0.1, 0.15) is 0 Å². The second kappa shape index (κ2) is 8.92. The van der Waals surface area contributed by atoms with E-state index in [1.807, 2.05) is 0 Å². The number of rotatable bonds is 7. The molecular weight excluding hydrogens is 236 g/mol. The molecule has 108 valence electrons. The van der Waals surface area contributed by atoms with E-state index in [2.05, 4.69) is 25.1 Å². The second-order valence-corrected chi connectivity index (χ2v) is 5.44. The minimum atomic E-state index is 0.173. The zero-order valence-corrected chi connectivity index (χ0v) is 12.3. The van der Waals surface area contributed by atoms with E-state index >= 15 is 0 Å². The Labute approximate surface area is 118 Å². The van der Waals surface area contributed by atoms with Crippen molar-refractivity contribution in [3.05, 3.63) is 25.3 Å². The first kappa shape index (κ1) is 16.0. The first-order valence-corrected chi connectivity index (χ1v) is 7.38. The predicted molar refractivity (Wildman–Crippen MR) is 81.1 cm³/mol. The number of hydrogen-bond donors (Lipinski definition) is 0. The van der Waals surface area contributed by atoms with Gasteiger partial charge < -0.3 is 4.90 Å². The molecule has 0 spiro atoms. The van der Waals surface area contributed by atoms with E-state index < -0.39 is 0 Å². The highest BCUT2D eigenvalue weighted by atomic mass is 16.2. The minimum absolute atomic E-state index is 0.173. The number of hydrogen-bond acceptors (Lipinski definition) is 2. The third-order valence-electron chi connectivity index (χ3n) is 3.88. The van der Waals surface area contributed by atoms with Crippen molar-refractivity contribution in [2.24, 2.45) is 0 Å². The molecule has 0 unspecified atom stereocenters. The smallest absolute Gasteiger partial charge is 0.237 e. The molecule has 19 heavy (non-hydrogen) atoms. The first-order chi connectivity index (χ1) is 9.19. The average Bonchev–Trinajstić information content (AvgIpc) is 2.67. The van der Waals surface area contributed by atoms with Gasteiger partial charge in [0.2, 0.25) is 5.91 Å². The molecule has 0 aromatic carbocycles. The van der Waals surface area contributed by atoms with Crippen LogP contribution >= 0.6 is 0 Å². The van der Waals surface area contributed by atoms with Gasteiger partial charge in [0.05, 0.1) is 6.54 Å².